The van der Waals surface area contributed by atoms with Crippen molar-refractivity contribution >= 4 is 5.69 Å². The molecule has 66 valence electrons. The summed E-state index contributed by atoms with van der Waals surface area (Å²) in [6.07, 6.45) is 1.24. The number of rotatable bonds is 1. The lowest BCUT2D eigenvalue weighted by Gasteiger charge is -1.99. The maximum atomic E-state index is 12.8. The Morgan fingerprint density at radius 1 is 1.38 bits per heavy atom. The van der Waals surface area contributed by atoms with Crippen LogP contribution in [0.1, 0.15) is 0 Å². The molecule has 0 fully saturated rings. The summed E-state index contributed by atoms with van der Waals surface area (Å²) in [6, 6.07) is 3.98. The predicted molar refractivity (Wildman–Crippen MR) is 44.1 cm³/mol. The smallest absolute Gasteiger partial charge is 0.259 e. The van der Waals surface area contributed by atoms with E-state index in [-0.39, 0.29) is 11.7 Å². The van der Waals surface area contributed by atoms with Crippen molar-refractivity contribution in [3.8, 4) is 11.5 Å². The highest BCUT2D eigenvalue weighted by Crippen LogP contribution is 2.23. The summed E-state index contributed by atoms with van der Waals surface area (Å²) in [4.78, 5) is 3.76. The zero-order valence-corrected chi connectivity index (χ0v) is 6.57. The Hall–Kier alpha value is -1.91. The fourth-order valence-corrected chi connectivity index (χ4v) is 1.01. The van der Waals surface area contributed by atoms with Crippen molar-refractivity contribution in [2.75, 3.05) is 5.73 Å². The van der Waals surface area contributed by atoms with Gasteiger partial charge in [-0.1, -0.05) is 5.16 Å². The Kier molecular flexibility index (Phi) is 1.70. The number of anilines is 1. The summed E-state index contributed by atoms with van der Waals surface area (Å²) in [7, 11) is 0. The Morgan fingerprint density at radius 2 is 2.23 bits per heavy atom. The van der Waals surface area contributed by atoms with E-state index in [9.17, 15) is 4.39 Å². The van der Waals surface area contributed by atoms with E-state index in [1.165, 1.54) is 24.5 Å². The molecule has 0 unspecified atom stereocenters. The molecule has 0 aliphatic rings. The van der Waals surface area contributed by atoms with Gasteiger partial charge in [0.25, 0.3) is 5.89 Å². The summed E-state index contributed by atoms with van der Waals surface area (Å²) in [5.41, 5.74) is 6.41. The first-order chi connectivity index (χ1) is 6.27. The molecule has 2 rings (SSSR count). The molecular weight excluding hydrogens is 173 g/mol. The second-order valence-corrected chi connectivity index (χ2v) is 2.48. The zero-order valence-electron chi connectivity index (χ0n) is 6.57. The van der Waals surface area contributed by atoms with E-state index in [0.29, 0.717) is 11.3 Å². The molecule has 1 aromatic heterocycles. The number of nitrogens with two attached hydrogens (primary N) is 1. The van der Waals surface area contributed by atoms with Gasteiger partial charge in [-0.15, -0.1) is 0 Å². The Bertz CT molecular complexity index is 413. The number of aromatic nitrogens is 2. The molecule has 0 amide bonds. The van der Waals surface area contributed by atoms with Crippen molar-refractivity contribution in [1.82, 2.24) is 10.1 Å². The van der Waals surface area contributed by atoms with Gasteiger partial charge in [-0.05, 0) is 18.2 Å². The van der Waals surface area contributed by atoms with Crippen molar-refractivity contribution in [3.63, 3.8) is 0 Å². The predicted octanol–water partition coefficient (Wildman–Crippen LogP) is 1.46. The van der Waals surface area contributed by atoms with Gasteiger partial charge in [-0.25, -0.2) is 4.39 Å². The van der Waals surface area contributed by atoms with Crippen LogP contribution >= 0.6 is 0 Å². The average molecular weight is 179 g/mol. The van der Waals surface area contributed by atoms with Crippen molar-refractivity contribution < 1.29 is 8.91 Å². The Labute approximate surface area is 73.2 Å². The lowest BCUT2D eigenvalue weighted by atomic mass is 10.2. The third-order valence-electron chi connectivity index (χ3n) is 1.61. The van der Waals surface area contributed by atoms with Gasteiger partial charge in [-0.2, -0.15) is 4.98 Å². The van der Waals surface area contributed by atoms with Gasteiger partial charge in [0.2, 0.25) is 0 Å². The van der Waals surface area contributed by atoms with Crippen LogP contribution in [0.15, 0.2) is 29.0 Å². The minimum absolute atomic E-state index is 0.219. The second-order valence-electron chi connectivity index (χ2n) is 2.48. The van der Waals surface area contributed by atoms with E-state index < -0.39 is 0 Å². The van der Waals surface area contributed by atoms with Crippen LogP contribution in [0.3, 0.4) is 0 Å². The van der Waals surface area contributed by atoms with E-state index in [0.717, 1.165) is 0 Å². The lowest BCUT2D eigenvalue weighted by Crippen LogP contribution is -1.90. The van der Waals surface area contributed by atoms with Gasteiger partial charge < -0.3 is 10.3 Å². The van der Waals surface area contributed by atoms with E-state index in [4.69, 9.17) is 10.3 Å². The topological polar surface area (TPSA) is 64.9 Å². The van der Waals surface area contributed by atoms with Crippen molar-refractivity contribution in [1.29, 1.82) is 0 Å². The van der Waals surface area contributed by atoms with E-state index in [1.807, 2.05) is 0 Å². The van der Waals surface area contributed by atoms with E-state index in [2.05, 4.69) is 10.1 Å². The first-order valence-electron chi connectivity index (χ1n) is 3.59. The van der Waals surface area contributed by atoms with Crippen LogP contribution in [0, 0.1) is 5.82 Å². The third-order valence-corrected chi connectivity index (χ3v) is 1.61. The number of halogens is 1. The minimum atomic E-state index is -0.387. The summed E-state index contributed by atoms with van der Waals surface area (Å²) >= 11 is 0. The molecule has 0 saturated carbocycles. The van der Waals surface area contributed by atoms with Crippen LogP contribution in [-0.4, -0.2) is 10.1 Å². The largest absolute Gasteiger partial charge is 0.398 e. The number of nitrogens with zero attached hydrogens (tertiary/aromatic N) is 2. The molecule has 2 N–H and O–H groups in total. The normalized spacial score (nSPS) is 10.2. The van der Waals surface area contributed by atoms with Crippen molar-refractivity contribution in [2.24, 2.45) is 0 Å². The van der Waals surface area contributed by atoms with Gasteiger partial charge >= 0.3 is 0 Å². The number of benzene rings is 1. The first-order valence-corrected chi connectivity index (χ1v) is 3.59. The first kappa shape index (κ1) is 7.72. The van der Waals surface area contributed by atoms with Crippen LogP contribution in [0.4, 0.5) is 10.1 Å². The van der Waals surface area contributed by atoms with Crippen molar-refractivity contribution in [2.45, 2.75) is 0 Å². The molecule has 0 aliphatic heterocycles. The average Bonchev–Trinajstić information content (AvgIpc) is 2.61. The zero-order chi connectivity index (χ0) is 9.26. The van der Waals surface area contributed by atoms with Gasteiger partial charge in [0.15, 0.2) is 6.33 Å². The highest BCUT2D eigenvalue weighted by molar-refractivity contribution is 5.69. The number of hydrogen-bond donors (Lipinski definition) is 1. The fourth-order valence-electron chi connectivity index (χ4n) is 1.01. The van der Waals surface area contributed by atoms with Crippen LogP contribution in [0.25, 0.3) is 11.5 Å². The van der Waals surface area contributed by atoms with Gasteiger partial charge in [-0.3, -0.25) is 0 Å². The Balaban J connectivity index is 2.57. The second kappa shape index (κ2) is 2.85. The lowest BCUT2D eigenvalue weighted by molar-refractivity contribution is 0.430. The molecule has 0 spiro atoms. The summed E-state index contributed by atoms with van der Waals surface area (Å²) in [5.74, 6) is -0.167. The summed E-state index contributed by atoms with van der Waals surface area (Å²) in [5, 5.41) is 3.41. The molecule has 13 heavy (non-hydrogen) atoms. The summed E-state index contributed by atoms with van der Waals surface area (Å²) < 4.78 is 17.5. The number of nitrogen functional groups attached to an aromatic ring is 1. The van der Waals surface area contributed by atoms with Crippen LogP contribution < -0.4 is 5.73 Å². The molecule has 0 radical (unpaired) electrons. The van der Waals surface area contributed by atoms with Crippen LogP contribution in [0.2, 0.25) is 0 Å². The molecule has 0 bridgehead atoms. The SMILES string of the molecule is Nc1ccc(F)cc1-c1ncno1. The molecule has 0 aliphatic carbocycles. The maximum Gasteiger partial charge on any atom is 0.259 e. The fraction of sp³-hybridized carbons (Fsp3) is 0. The van der Waals surface area contributed by atoms with E-state index in [1.54, 1.807) is 0 Å². The van der Waals surface area contributed by atoms with E-state index >= 15 is 0 Å². The molecule has 1 aromatic carbocycles. The van der Waals surface area contributed by atoms with Crippen molar-refractivity contribution in [3.05, 3.63) is 30.3 Å². The van der Waals surface area contributed by atoms with Crippen LogP contribution in [-0.2, 0) is 0 Å². The molecule has 5 heteroatoms. The molecule has 2 aromatic rings. The highest BCUT2D eigenvalue weighted by atomic mass is 19.1. The molecular formula is C8H6FN3O. The quantitative estimate of drug-likeness (QED) is 0.673. The molecule has 1 heterocycles. The molecule has 4 nitrogen and oxygen atoms in total. The van der Waals surface area contributed by atoms with Gasteiger partial charge in [0.05, 0.1) is 5.56 Å². The molecule has 0 saturated heterocycles. The monoisotopic (exact) mass is 179 g/mol. The highest BCUT2D eigenvalue weighted by Gasteiger charge is 2.08. The maximum absolute atomic E-state index is 12.8. The molecule has 0 atom stereocenters. The summed E-state index contributed by atoms with van der Waals surface area (Å²) in [6.45, 7) is 0. The minimum Gasteiger partial charge on any atom is -0.398 e. The standard InChI is InChI=1S/C8H6FN3O/c9-5-1-2-7(10)6(3-5)8-11-4-12-13-8/h1-4H,10H2. The van der Waals surface area contributed by atoms with Crippen LogP contribution in [0.5, 0.6) is 0 Å². The third kappa shape index (κ3) is 1.35. The Morgan fingerprint density at radius 3 is 2.92 bits per heavy atom. The van der Waals surface area contributed by atoms with Gasteiger partial charge in [0, 0.05) is 5.69 Å². The number of hydrogen-bond acceptors (Lipinski definition) is 4. The van der Waals surface area contributed by atoms with Gasteiger partial charge in [0.1, 0.15) is 5.82 Å².